The lowest BCUT2D eigenvalue weighted by molar-refractivity contribution is -0.140. The van der Waals surface area contributed by atoms with Gasteiger partial charge in [0, 0.05) is 10.7 Å². The van der Waals surface area contributed by atoms with Crippen molar-refractivity contribution in [3.8, 4) is 0 Å². The van der Waals surface area contributed by atoms with Gasteiger partial charge in [-0.3, -0.25) is 9.69 Å². The molecule has 0 spiro atoms. The van der Waals surface area contributed by atoms with Crippen LogP contribution >= 0.6 is 11.6 Å². The van der Waals surface area contributed by atoms with Gasteiger partial charge >= 0.3 is 12.1 Å². The highest BCUT2D eigenvalue weighted by Crippen LogP contribution is 2.19. The fraction of sp³-hybridized carbons (Fsp3) is 0.211. The number of cyclic esters (lactones) is 1. The zero-order valence-corrected chi connectivity index (χ0v) is 15.0. The summed E-state index contributed by atoms with van der Waals surface area (Å²) in [5.74, 6) is -1.07. The number of amides is 2. The summed E-state index contributed by atoms with van der Waals surface area (Å²) in [4.78, 5) is 37.5. The fourth-order valence-electron chi connectivity index (χ4n) is 2.54. The number of nitrogens with one attached hydrogen (secondary N) is 1. The molecule has 2 aromatic rings. The van der Waals surface area contributed by atoms with Crippen LogP contribution in [0.4, 0.5) is 10.5 Å². The van der Waals surface area contributed by atoms with E-state index >= 15 is 0 Å². The maximum Gasteiger partial charge on any atom is 0.413 e. The molecule has 2 amide bonds. The predicted molar refractivity (Wildman–Crippen MR) is 97.9 cm³/mol. The Kier molecular flexibility index (Phi) is 5.93. The molecule has 1 heterocycles. The number of hydrogen-bond acceptors (Lipinski definition) is 5. The topological polar surface area (TPSA) is 84.9 Å². The second-order valence-corrected chi connectivity index (χ2v) is 6.31. The molecular weight excluding hydrogens is 372 g/mol. The van der Waals surface area contributed by atoms with Gasteiger partial charge in [-0.25, -0.2) is 9.59 Å². The normalized spacial score (nSPS) is 16.0. The zero-order chi connectivity index (χ0) is 19.2. The van der Waals surface area contributed by atoms with Crippen LogP contribution in [0, 0.1) is 0 Å². The molecule has 0 bridgehead atoms. The molecule has 8 heteroatoms. The van der Waals surface area contributed by atoms with Crippen molar-refractivity contribution in [3.05, 3.63) is 65.2 Å². The first-order valence-corrected chi connectivity index (χ1v) is 8.60. The van der Waals surface area contributed by atoms with Crippen LogP contribution in [0.2, 0.25) is 5.02 Å². The molecule has 1 aliphatic rings. The van der Waals surface area contributed by atoms with Crippen molar-refractivity contribution < 1.29 is 23.9 Å². The molecule has 1 fully saturated rings. The van der Waals surface area contributed by atoms with E-state index in [0.717, 1.165) is 10.5 Å². The Hall–Kier alpha value is -3.06. The van der Waals surface area contributed by atoms with Crippen LogP contribution in [0.25, 0.3) is 0 Å². The number of anilines is 1. The SMILES string of the molecule is O=C(CC1C(=O)OCN1C(=O)OCc1ccccc1)Nc1ccc(Cl)cc1. The Labute approximate surface area is 160 Å². The molecule has 3 rings (SSSR count). The van der Waals surface area contributed by atoms with E-state index in [1.54, 1.807) is 24.3 Å². The monoisotopic (exact) mass is 388 g/mol. The Balaban J connectivity index is 1.57. The molecule has 0 radical (unpaired) electrons. The first-order valence-electron chi connectivity index (χ1n) is 8.22. The largest absolute Gasteiger partial charge is 0.444 e. The Morgan fingerprint density at radius 1 is 1.15 bits per heavy atom. The molecule has 0 saturated carbocycles. The van der Waals surface area contributed by atoms with Gasteiger partial charge in [0.25, 0.3) is 0 Å². The molecule has 1 aliphatic heterocycles. The lowest BCUT2D eigenvalue weighted by Crippen LogP contribution is -2.40. The number of nitrogens with zero attached hydrogens (tertiary/aromatic N) is 1. The van der Waals surface area contributed by atoms with Gasteiger partial charge in [-0.1, -0.05) is 41.9 Å². The molecule has 1 atom stereocenters. The molecule has 1 unspecified atom stereocenters. The maximum atomic E-state index is 12.3. The van der Waals surface area contributed by atoms with Crippen LogP contribution in [0.1, 0.15) is 12.0 Å². The fourth-order valence-corrected chi connectivity index (χ4v) is 2.67. The van der Waals surface area contributed by atoms with Gasteiger partial charge in [-0.05, 0) is 29.8 Å². The number of carbonyl (C=O) groups excluding carboxylic acids is 3. The molecule has 0 aromatic heterocycles. The zero-order valence-electron chi connectivity index (χ0n) is 14.3. The van der Waals surface area contributed by atoms with Gasteiger partial charge in [0.05, 0.1) is 6.42 Å². The number of benzene rings is 2. The highest BCUT2D eigenvalue weighted by Gasteiger charge is 2.40. The van der Waals surface area contributed by atoms with E-state index in [-0.39, 0.29) is 19.8 Å². The van der Waals surface area contributed by atoms with Crippen molar-refractivity contribution in [1.82, 2.24) is 4.90 Å². The summed E-state index contributed by atoms with van der Waals surface area (Å²) >= 11 is 5.80. The standard InChI is InChI=1S/C19H17ClN2O5/c20-14-6-8-15(9-7-14)21-17(23)10-16-18(24)27-12-22(16)19(25)26-11-13-4-2-1-3-5-13/h1-9,16H,10-12H2,(H,21,23). The van der Waals surface area contributed by atoms with Crippen molar-refractivity contribution in [2.75, 3.05) is 12.0 Å². The third kappa shape index (κ3) is 4.98. The summed E-state index contributed by atoms with van der Waals surface area (Å²) in [6.45, 7) is -0.181. The smallest absolute Gasteiger partial charge is 0.413 e. The van der Waals surface area contributed by atoms with Gasteiger partial charge in [-0.15, -0.1) is 0 Å². The lowest BCUT2D eigenvalue weighted by atomic mass is 10.2. The minimum absolute atomic E-state index is 0.0635. The Morgan fingerprint density at radius 2 is 1.85 bits per heavy atom. The number of carbonyl (C=O) groups is 3. The first-order chi connectivity index (χ1) is 13.0. The molecule has 1 N–H and O–H groups in total. The average molecular weight is 389 g/mol. The second kappa shape index (κ2) is 8.55. The van der Waals surface area contributed by atoms with Crippen LogP contribution in [0.15, 0.2) is 54.6 Å². The number of halogens is 1. The summed E-state index contributed by atoms with van der Waals surface area (Å²) < 4.78 is 10.1. The van der Waals surface area contributed by atoms with Gasteiger partial charge in [0.15, 0.2) is 6.73 Å². The summed E-state index contributed by atoms with van der Waals surface area (Å²) in [6, 6.07) is 14.7. The van der Waals surface area contributed by atoms with Crippen LogP contribution in [-0.2, 0) is 25.7 Å². The molecule has 2 aromatic carbocycles. The molecule has 1 saturated heterocycles. The van der Waals surface area contributed by atoms with Crippen molar-refractivity contribution in [2.24, 2.45) is 0 Å². The third-order valence-electron chi connectivity index (χ3n) is 3.94. The number of hydrogen-bond donors (Lipinski definition) is 1. The Bertz CT molecular complexity index is 826. The van der Waals surface area contributed by atoms with Crippen LogP contribution in [0.5, 0.6) is 0 Å². The first kappa shape index (κ1) is 18.7. The molecule has 27 heavy (non-hydrogen) atoms. The quantitative estimate of drug-likeness (QED) is 0.795. The minimum atomic E-state index is -1.03. The molecule has 140 valence electrons. The summed E-state index contributed by atoms with van der Waals surface area (Å²) in [6.07, 6.45) is -0.948. The number of ether oxygens (including phenoxy) is 2. The van der Waals surface area contributed by atoms with Crippen molar-refractivity contribution in [1.29, 1.82) is 0 Å². The highest BCUT2D eigenvalue weighted by molar-refractivity contribution is 6.30. The van der Waals surface area contributed by atoms with Crippen LogP contribution in [-0.4, -0.2) is 35.6 Å². The number of rotatable bonds is 5. The van der Waals surface area contributed by atoms with Crippen molar-refractivity contribution in [2.45, 2.75) is 19.1 Å². The average Bonchev–Trinajstić information content (AvgIpc) is 3.03. The van der Waals surface area contributed by atoms with Crippen molar-refractivity contribution in [3.63, 3.8) is 0 Å². The van der Waals surface area contributed by atoms with E-state index in [9.17, 15) is 14.4 Å². The van der Waals surface area contributed by atoms with Crippen LogP contribution < -0.4 is 5.32 Å². The second-order valence-electron chi connectivity index (χ2n) is 5.88. The minimum Gasteiger partial charge on any atom is -0.444 e. The van der Waals surface area contributed by atoms with E-state index in [1.807, 2.05) is 30.3 Å². The van der Waals surface area contributed by atoms with E-state index in [0.29, 0.717) is 10.7 Å². The highest BCUT2D eigenvalue weighted by atomic mass is 35.5. The third-order valence-corrected chi connectivity index (χ3v) is 4.19. The molecule has 0 aliphatic carbocycles. The molecule has 7 nitrogen and oxygen atoms in total. The van der Waals surface area contributed by atoms with E-state index in [1.165, 1.54) is 0 Å². The predicted octanol–water partition coefficient (Wildman–Crippen LogP) is 3.19. The van der Waals surface area contributed by atoms with Gasteiger partial charge in [0.1, 0.15) is 12.6 Å². The van der Waals surface area contributed by atoms with Crippen LogP contribution in [0.3, 0.4) is 0 Å². The van der Waals surface area contributed by atoms with Gasteiger partial charge in [0.2, 0.25) is 5.91 Å². The Morgan fingerprint density at radius 3 is 2.56 bits per heavy atom. The van der Waals surface area contributed by atoms with E-state index in [2.05, 4.69) is 5.32 Å². The molecular formula is C19H17ClN2O5. The summed E-state index contributed by atoms with van der Waals surface area (Å²) in [7, 11) is 0. The number of esters is 1. The van der Waals surface area contributed by atoms with Crippen molar-refractivity contribution >= 4 is 35.3 Å². The van der Waals surface area contributed by atoms with Gasteiger partial charge < -0.3 is 14.8 Å². The summed E-state index contributed by atoms with van der Waals surface area (Å²) in [5, 5.41) is 3.19. The van der Waals surface area contributed by atoms with E-state index in [4.69, 9.17) is 21.1 Å². The van der Waals surface area contributed by atoms with Gasteiger partial charge in [-0.2, -0.15) is 0 Å². The van der Waals surface area contributed by atoms with E-state index < -0.39 is 24.0 Å². The maximum absolute atomic E-state index is 12.3. The summed E-state index contributed by atoms with van der Waals surface area (Å²) in [5.41, 5.74) is 1.35. The lowest BCUT2D eigenvalue weighted by Gasteiger charge is -2.19.